The number of rotatable bonds is 2. The molecule has 18 heavy (non-hydrogen) atoms. The summed E-state index contributed by atoms with van der Waals surface area (Å²) in [5.41, 5.74) is 6.94. The van der Waals surface area contributed by atoms with E-state index in [0.29, 0.717) is 12.5 Å². The van der Waals surface area contributed by atoms with Gasteiger partial charge in [-0.3, -0.25) is 0 Å². The van der Waals surface area contributed by atoms with Crippen molar-refractivity contribution in [2.75, 3.05) is 6.54 Å². The average molecular weight is 247 g/mol. The quantitative estimate of drug-likeness (QED) is 0.873. The molecule has 0 radical (unpaired) electrons. The summed E-state index contributed by atoms with van der Waals surface area (Å²) >= 11 is 0. The summed E-state index contributed by atoms with van der Waals surface area (Å²) in [6.07, 6.45) is 5.69. The number of fused-ring (bicyclic) bond motifs is 1. The first-order valence-electron chi connectivity index (χ1n) is 6.94. The van der Waals surface area contributed by atoms with Crippen molar-refractivity contribution < 1.29 is 9.47 Å². The predicted molar refractivity (Wildman–Crippen MR) is 71.0 cm³/mol. The van der Waals surface area contributed by atoms with E-state index >= 15 is 0 Å². The van der Waals surface area contributed by atoms with Crippen molar-refractivity contribution in [1.82, 2.24) is 0 Å². The molecule has 0 amide bonds. The van der Waals surface area contributed by atoms with E-state index in [1.54, 1.807) is 0 Å². The Bertz CT molecular complexity index is 438. The average Bonchev–Trinajstić information content (AvgIpc) is 2.74. The van der Waals surface area contributed by atoms with Crippen LogP contribution >= 0.6 is 0 Å². The van der Waals surface area contributed by atoms with Crippen LogP contribution in [0, 0.1) is 0 Å². The van der Waals surface area contributed by atoms with Crippen molar-refractivity contribution in [2.45, 2.75) is 50.7 Å². The summed E-state index contributed by atoms with van der Waals surface area (Å²) in [6.45, 7) is 2.79. The minimum atomic E-state index is -0.370. The molecular formula is C15H21NO2. The fraction of sp³-hybridized carbons (Fsp3) is 0.600. The van der Waals surface area contributed by atoms with Crippen LogP contribution in [0.1, 0.15) is 50.5 Å². The highest BCUT2D eigenvalue weighted by atomic mass is 16.7. The number of benzene rings is 1. The second-order valence-electron chi connectivity index (χ2n) is 5.52. The zero-order valence-corrected chi connectivity index (χ0v) is 10.9. The molecule has 1 aromatic carbocycles. The summed E-state index contributed by atoms with van der Waals surface area (Å²) in [5, 5.41) is 0. The van der Waals surface area contributed by atoms with Gasteiger partial charge in [0.25, 0.3) is 5.79 Å². The zero-order chi connectivity index (χ0) is 12.6. The zero-order valence-electron chi connectivity index (χ0n) is 10.9. The monoisotopic (exact) mass is 247 g/mol. The Labute approximate surface area is 108 Å². The minimum absolute atomic E-state index is 0.363. The minimum Gasteiger partial charge on any atom is -0.448 e. The molecule has 0 saturated heterocycles. The Morgan fingerprint density at radius 2 is 1.89 bits per heavy atom. The van der Waals surface area contributed by atoms with Gasteiger partial charge in [-0.25, -0.2) is 0 Å². The van der Waals surface area contributed by atoms with E-state index in [9.17, 15) is 0 Å². The van der Waals surface area contributed by atoms with Crippen molar-refractivity contribution in [3.05, 3.63) is 23.8 Å². The summed E-state index contributed by atoms with van der Waals surface area (Å²) in [5.74, 6) is 1.78. The Morgan fingerprint density at radius 1 is 1.17 bits per heavy atom. The first kappa shape index (κ1) is 11.8. The van der Waals surface area contributed by atoms with Crippen LogP contribution in [0.2, 0.25) is 0 Å². The normalized spacial score (nSPS) is 22.1. The van der Waals surface area contributed by atoms with Gasteiger partial charge in [0.15, 0.2) is 11.5 Å². The highest BCUT2D eigenvalue weighted by Gasteiger charge is 2.42. The van der Waals surface area contributed by atoms with Crippen LogP contribution in [0.4, 0.5) is 0 Å². The van der Waals surface area contributed by atoms with E-state index in [2.05, 4.69) is 19.1 Å². The molecule has 1 heterocycles. The van der Waals surface area contributed by atoms with Crippen molar-refractivity contribution in [3.8, 4) is 11.5 Å². The van der Waals surface area contributed by atoms with Crippen LogP contribution in [-0.2, 0) is 0 Å². The van der Waals surface area contributed by atoms with Crippen molar-refractivity contribution in [1.29, 1.82) is 0 Å². The fourth-order valence-electron chi connectivity index (χ4n) is 2.85. The third-order valence-corrected chi connectivity index (χ3v) is 4.10. The van der Waals surface area contributed by atoms with Crippen LogP contribution < -0.4 is 15.2 Å². The molecule has 3 heteroatoms. The number of hydrogen-bond donors (Lipinski definition) is 1. The molecule has 1 atom stereocenters. The van der Waals surface area contributed by atoms with Crippen LogP contribution in [-0.4, -0.2) is 12.3 Å². The van der Waals surface area contributed by atoms with E-state index in [4.69, 9.17) is 15.2 Å². The van der Waals surface area contributed by atoms with Gasteiger partial charge in [-0.15, -0.1) is 0 Å². The van der Waals surface area contributed by atoms with Gasteiger partial charge in [0.2, 0.25) is 0 Å². The molecule has 1 spiro atoms. The molecule has 2 aliphatic rings. The molecular weight excluding hydrogens is 226 g/mol. The van der Waals surface area contributed by atoms with Gasteiger partial charge >= 0.3 is 0 Å². The standard InChI is InChI=1S/C15H21NO2/c1-11(10-16)12-5-6-13-14(9-12)18-15(17-13)7-3-2-4-8-15/h5-6,9,11H,2-4,7-8,10,16H2,1H3. The Morgan fingerprint density at radius 3 is 2.61 bits per heavy atom. The maximum atomic E-state index is 6.11. The van der Waals surface area contributed by atoms with Crippen LogP contribution in [0.3, 0.4) is 0 Å². The van der Waals surface area contributed by atoms with Gasteiger partial charge in [-0.05, 0) is 43.0 Å². The van der Waals surface area contributed by atoms with E-state index < -0.39 is 0 Å². The van der Waals surface area contributed by atoms with E-state index in [-0.39, 0.29) is 5.79 Å². The lowest BCUT2D eigenvalue weighted by atomic mass is 9.94. The predicted octanol–water partition coefficient (Wildman–Crippen LogP) is 3.18. The van der Waals surface area contributed by atoms with E-state index in [1.165, 1.54) is 24.8 Å². The van der Waals surface area contributed by atoms with Gasteiger partial charge in [-0.2, -0.15) is 0 Å². The highest BCUT2D eigenvalue weighted by Crippen LogP contribution is 2.46. The van der Waals surface area contributed by atoms with Gasteiger partial charge in [0.1, 0.15) is 0 Å². The Hall–Kier alpha value is -1.22. The maximum Gasteiger partial charge on any atom is 0.251 e. The molecule has 1 aromatic rings. The van der Waals surface area contributed by atoms with Crippen LogP contribution in [0.5, 0.6) is 11.5 Å². The number of nitrogens with two attached hydrogens (primary N) is 1. The molecule has 98 valence electrons. The van der Waals surface area contributed by atoms with Crippen molar-refractivity contribution >= 4 is 0 Å². The lowest BCUT2D eigenvalue weighted by Gasteiger charge is -2.31. The van der Waals surface area contributed by atoms with Crippen LogP contribution in [0.15, 0.2) is 18.2 Å². The smallest absolute Gasteiger partial charge is 0.251 e. The Balaban J connectivity index is 1.84. The van der Waals surface area contributed by atoms with E-state index in [0.717, 1.165) is 24.3 Å². The molecule has 3 rings (SSSR count). The lowest BCUT2D eigenvalue weighted by molar-refractivity contribution is -0.105. The third kappa shape index (κ3) is 1.97. The largest absolute Gasteiger partial charge is 0.448 e. The van der Waals surface area contributed by atoms with E-state index in [1.807, 2.05) is 6.07 Å². The lowest BCUT2D eigenvalue weighted by Crippen LogP contribution is -2.40. The second-order valence-corrected chi connectivity index (χ2v) is 5.52. The molecule has 3 nitrogen and oxygen atoms in total. The number of hydrogen-bond acceptors (Lipinski definition) is 3. The summed E-state index contributed by atoms with van der Waals surface area (Å²) in [7, 11) is 0. The fourth-order valence-corrected chi connectivity index (χ4v) is 2.85. The molecule has 1 saturated carbocycles. The first-order chi connectivity index (χ1) is 8.72. The molecule has 1 fully saturated rings. The summed E-state index contributed by atoms with van der Waals surface area (Å²) < 4.78 is 12.2. The second kappa shape index (κ2) is 4.47. The van der Waals surface area contributed by atoms with Gasteiger partial charge in [0.05, 0.1) is 0 Å². The Kier molecular flexibility index (Phi) is 2.94. The van der Waals surface area contributed by atoms with Gasteiger partial charge in [0, 0.05) is 12.8 Å². The first-order valence-corrected chi connectivity index (χ1v) is 6.94. The van der Waals surface area contributed by atoms with Crippen molar-refractivity contribution in [2.24, 2.45) is 5.73 Å². The SMILES string of the molecule is CC(CN)c1ccc2c(c1)OC1(CCCCC1)O2. The third-order valence-electron chi connectivity index (χ3n) is 4.10. The summed E-state index contributed by atoms with van der Waals surface area (Å²) in [6, 6.07) is 6.22. The molecule has 1 aliphatic carbocycles. The maximum absolute atomic E-state index is 6.11. The number of ether oxygens (including phenoxy) is 2. The topological polar surface area (TPSA) is 44.5 Å². The molecule has 2 N–H and O–H groups in total. The molecule has 1 aliphatic heterocycles. The van der Waals surface area contributed by atoms with Crippen molar-refractivity contribution in [3.63, 3.8) is 0 Å². The summed E-state index contributed by atoms with van der Waals surface area (Å²) in [4.78, 5) is 0. The van der Waals surface area contributed by atoms with Gasteiger partial charge in [-0.1, -0.05) is 19.4 Å². The highest BCUT2D eigenvalue weighted by molar-refractivity contribution is 5.46. The van der Waals surface area contributed by atoms with Gasteiger partial charge < -0.3 is 15.2 Å². The molecule has 0 bridgehead atoms. The van der Waals surface area contributed by atoms with Crippen LogP contribution in [0.25, 0.3) is 0 Å². The molecule has 0 aromatic heterocycles. The molecule has 1 unspecified atom stereocenters.